The number of anilines is 1. The van der Waals surface area contributed by atoms with E-state index in [2.05, 4.69) is 26.2 Å². The van der Waals surface area contributed by atoms with Crippen LogP contribution in [0.2, 0.25) is 5.15 Å². The Hall–Kier alpha value is -1.25. The molecule has 0 spiro atoms. The summed E-state index contributed by atoms with van der Waals surface area (Å²) in [5, 5.41) is 3.67. The van der Waals surface area contributed by atoms with Crippen molar-refractivity contribution in [1.82, 2.24) is 4.98 Å². The highest BCUT2D eigenvalue weighted by Gasteiger charge is 2.29. The first kappa shape index (κ1) is 19.1. The predicted molar refractivity (Wildman–Crippen MR) is 112 cm³/mol. The quantitative estimate of drug-likeness (QED) is 0.484. The van der Waals surface area contributed by atoms with E-state index >= 15 is 0 Å². The zero-order chi connectivity index (χ0) is 19.0. The molecule has 1 saturated heterocycles. The second-order valence-corrected chi connectivity index (χ2v) is 8.73. The minimum atomic E-state index is -0.240. The van der Waals surface area contributed by atoms with E-state index in [4.69, 9.17) is 22.1 Å². The van der Waals surface area contributed by atoms with Crippen molar-refractivity contribution < 1.29 is 9.13 Å². The zero-order valence-corrected chi connectivity index (χ0v) is 17.5. The highest BCUT2D eigenvalue weighted by Crippen LogP contribution is 2.45. The van der Waals surface area contributed by atoms with Crippen molar-refractivity contribution in [2.75, 3.05) is 11.9 Å². The number of hydrogen-bond acceptors (Lipinski definition) is 5. The van der Waals surface area contributed by atoms with Crippen LogP contribution < -0.4 is 11.1 Å². The van der Waals surface area contributed by atoms with E-state index in [0.717, 1.165) is 38.1 Å². The normalized spacial score (nSPS) is 20.1. The van der Waals surface area contributed by atoms with Crippen LogP contribution >= 0.6 is 38.9 Å². The molecule has 27 heavy (non-hydrogen) atoms. The maximum atomic E-state index is 13.9. The Morgan fingerprint density at radius 1 is 1.41 bits per heavy atom. The summed E-state index contributed by atoms with van der Waals surface area (Å²) in [5.74, 6) is -0.240. The lowest BCUT2D eigenvalue weighted by Crippen LogP contribution is -2.34. The van der Waals surface area contributed by atoms with Crippen molar-refractivity contribution >= 4 is 54.8 Å². The molecule has 1 aliphatic rings. The monoisotopic (exact) mass is 469 g/mol. The van der Waals surface area contributed by atoms with Gasteiger partial charge in [-0.1, -0.05) is 29.8 Å². The van der Waals surface area contributed by atoms with E-state index in [1.165, 1.54) is 6.07 Å². The van der Waals surface area contributed by atoms with E-state index in [1.54, 1.807) is 29.5 Å². The number of nitrogens with one attached hydrogen (secondary N) is 1. The number of benzene rings is 1. The number of hydrogen-bond donors (Lipinski definition) is 2. The maximum absolute atomic E-state index is 13.9. The highest BCUT2D eigenvalue weighted by atomic mass is 79.9. The molecule has 3 N–H and O–H groups in total. The van der Waals surface area contributed by atoms with Crippen LogP contribution in [-0.4, -0.2) is 17.6 Å². The summed E-state index contributed by atoms with van der Waals surface area (Å²) in [7, 11) is 0. The van der Waals surface area contributed by atoms with Gasteiger partial charge in [0.1, 0.15) is 17.1 Å². The molecule has 0 radical (unpaired) electrons. The van der Waals surface area contributed by atoms with Crippen LogP contribution in [0.15, 0.2) is 34.8 Å². The Morgan fingerprint density at radius 2 is 2.22 bits per heavy atom. The van der Waals surface area contributed by atoms with Gasteiger partial charge in [0, 0.05) is 30.8 Å². The number of nitrogens with zero attached hydrogens (tertiary/aromatic N) is 1. The molecule has 0 saturated carbocycles. The SMILES string of the molecule is N[C@@H]1CCCO[C@H]1c1sc2c(NCc3ccccc3F)cc(Cl)nc2c1Br. The van der Waals surface area contributed by atoms with Crippen molar-refractivity contribution in [2.45, 2.75) is 31.5 Å². The first-order valence-corrected chi connectivity index (χ1v) is 10.7. The van der Waals surface area contributed by atoms with Gasteiger partial charge in [-0.3, -0.25) is 0 Å². The molecule has 1 aromatic carbocycles. The van der Waals surface area contributed by atoms with Gasteiger partial charge in [-0.15, -0.1) is 11.3 Å². The number of nitrogens with two attached hydrogens (primary N) is 1. The predicted octanol–water partition coefficient (Wildman–Crippen LogP) is 5.64. The number of rotatable bonds is 4. The molecule has 2 atom stereocenters. The van der Waals surface area contributed by atoms with Gasteiger partial charge in [-0.05, 0) is 34.8 Å². The number of thiophene rings is 1. The molecule has 1 aliphatic heterocycles. The average Bonchev–Trinajstić information content (AvgIpc) is 2.98. The van der Waals surface area contributed by atoms with Gasteiger partial charge in [0.15, 0.2) is 0 Å². The second-order valence-electron chi connectivity index (χ2n) is 6.49. The van der Waals surface area contributed by atoms with Gasteiger partial charge in [0.25, 0.3) is 0 Å². The van der Waals surface area contributed by atoms with E-state index < -0.39 is 0 Å². The van der Waals surface area contributed by atoms with Crippen LogP contribution in [0.1, 0.15) is 29.4 Å². The molecule has 0 unspecified atom stereocenters. The average molecular weight is 471 g/mol. The fraction of sp³-hybridized carbons (Fsp3) is 0.316. The lowest BCUT2D eigenvalue weighted by Gasteiger charge is -2.28. The number of pyridine rings is 1. The third kappa shape index (κ3) is 3.84. The number of ether oxygens (including phenoxy) is 1. The fourth-order valence-corrected chi connectivity index (χ4v) is 5.58. The zero-order valence-electron chi connectivity index (χ0n) is 14.3. The number of halogens is 3. The first-order chi connectivity index (χ1) is 13.0. The topological polar surface area (TPSA) is 60.2 Å². The van der Waals surface area contributed by atoms with Gasteiger partial charge < -0.3 is 15.8 Å². The van der Waals surface area contributed by atoms with Crippen molar-refractivity contribution in [1.29, 1.82) is 0 Å². The van der Waals surface area contributed by atoms with Crippen LogP contribution in [0.5, 0.6) is 0 Å². The summed E-state index contributed by atoms with van der Waals surface area (Å²) in [6.07, 6.45) is 1.74. The fourth-order valence-electron chi connectivity index (χ4n) is 3.25. The number of aromatic nitrogens is 1. The van der Waals surface area contributed by atoms with Crippen molar-refractivity contribution in [2.24, 2.45) is 5.73 Å². The van der Waals surface area contributed by atoms with E-state index in [9.17, 15) is 4.39 Å². The third-order valence-electron chi connectivity index (χ3n) is 4.63. The minimum Gasteiger partial charge on any atom is -0.380 e. The Kier molecular flexibility index (Phi) is 5.66. The molecule has 142 valence electrons. The standard InChI is InChI=1S/C19H18BrClFN3OS/c20-15-16-18(27-19(15)17-12(23)6-3-7-26-17)13(8-14(21)25-16)24-9-10-4-1-2-5-11(10)22/h1-2,4-5,8,12,17H,3,6-7,9,23H2,(H,24,25)/t12-,17-/m1/s1. The van der Waals surface area contributed by atoms with E-state index in [-0.39, 0.29) is 18.0 Å². The molecular weight excluding hydrogens is 453 g/mol. The lowest BCUT2D eigenvalue weighted by molar-refractivity contribution is 0.00202. The smallest absolute Gasteiger partial charge is 0.131 e. The molecule has 3 heterocycles. The molecule has 0 amide bonds. The Labute approximate surface area is 174 Å². The first-order valence-electron chi connectivity index (χ1n) is 8.67. The molecule has 2 aromatic heterocycles. The second kappa shape index (κ2) is 8.01. The van der Waals surface area contributed by atoms with E-state index in [0.29, 0.717) is 23.9 Å². The molecule has 0 bridgehead atoms. The van der Waals surface area contributed by atoms with Crippen LogP contribution in [0.3, 0.4) is 0 Å². The maximum Gasteiger partial charge on any atom is 0.131 e. The van der Waals surface area contributed by atoms with Gasteiger partial charge in [-0.2, -0.15) is 0 Å². The van der Waals surface area contributed by atoms with Crippen molar-refractivity contribution in [3.05, 3.63) is 56.2 Å². The minimum absolute atomic E-state index is 0.0478. The van der Waals surface area contributed by atoms with Crippen molar-refractivity contribution in [3.63, 3.8) is 0 Å². The molecule has 0 aliphatic carbocycles. The highest BCUT2D eigenvalue weighted by molar-refractivity contribution is 9.10. The summed E-state index contributed by atoms with van der Waals surface area (Å²) < 4.78 is 21.7. The third-order valence-corrected chi connectivity index (χ3v) is 7.16. The summed E-state index contributed by atoms with van der Waals surface area (Å²) in [5.41, 5.74) is 8.45. The molecule has 8 heteroatoms. The largest absolute Gasteiger partial charge is 0.380 e. The number of fused-ring (bicyclic) bond motifs is 1. The van der Waals surface area contributed by atoms with Crippen LogP contribution in [0.4, 0.5) is 10.1 Å². The summed E-state index contributed by atoms with van der Waals surface area (Å²) in [6.45, 7) is 1.05. The molecule has 3 aromatic rings. The lowest BCUT2D eigenvalue weighted by atomic mass is 10.0. The molecule has 4 rings (SSSR count). The van der Waals surface area contributed by atoms with Crippen LogP contribution in [-0.2, 0) is 11.3 Å². The summed E-state index contributed by atoms with van der Waals surface area (Å²) >= 11 is 11.5. The Balaban J connectivity index is 1.70. The van der Waals surface area contributed by atoms with Gasteiger partial charge in [0.05, 0.1) is 25.3 Å². The molecule has 4 nitrogen and oxygen atoms in total. The van der Waals surface area contributed by atoms with Crippen LogP contribution in [0.25, 0.3) is 10.2 Å². The van der Waals surface area contributed by atoms with Gasteiger partial charge >= 0.3 is 0 Å². The molecular formula is C19H18BrClFN3OS. The van der Waals surface area contributed by atoms with Gasteiger partial charge in [0.2, 0.25) is 0 Å². The van der Waals surface area contributed by atoms with Gasteiger partial charge in [-0.25, -0.2) is 9.37 Å². The summed E-state index contributed by atoms with van der Waals surface area (Å²) in [6, 6.07) is 8.42. The molecule has 1 fully saturated rings. The Bertz CT molecular complexity index is 983. The van der Waals surface area contributed by atoms with Crippen LogP contribution in [0, 0.1) is 5.82 Å². The Morgan fingerprint density at radius 3 is 3.00 bits per heavy atom. The van der Waals surface area contributed by atoms with E-state index in [1.807, 2.05) is 6.07 Å². The summed E-state index contributed by atoms with van der Waals surface area (Å²) in [4.78, 5) is 5.48. The van der Waals surface area contributed by atoms with Crippen molar-refractivity contribution in [3.8, 4) is 0 Å².